The van der Waals surface area contributed by atoms with Gasteiger partial charge in [0.25, 0.3) is 0 Å². The molecule has 126 valence electrons. The predicted octanol–water partition coefficient (Wildman–Crippen LogP) is 1.95. The minimum absolute atomic E-state index is 0.364. The van der Waals surface area contributed by atoms with E-state index in [9.17, 15) is 0 Å². The second-order valence-corrected chi connectivity index (χ2v) is 7.39. The molecule has 1 saturated heterocycles. The van der Waals surface area contributed by atoms with Crippen molar-refractivity contribution in [3.05, 3.63) is 28.8 Å². The van der Waals surface area contributed by atoms with E-state index in [1.807, 2.05) is 5.51 Å². The SMILES string of the molecule is c1nnc(N2CCN(C3CCc4c(ccc5c4OCO5)C3)CC2)s1. The molecule has 6 nitrogen and oxygen atoms in total. The Morgan fingerprint density at radius 3 is 2.88 bits per heavy atom. The van der Waals surface area contributed by atoms with E-state index in [-0.39, 0.29) is 0 Å². The minimum Gasteiger partial charge on any atom is -0.454 e. The molecule has 0 saturated carbocycles. The lowest BCUT2D eigenvalue weighted by Gasteiger charge is -2.41. The number of rotatable bonds is 2. The zero-order valence-electron chi connectivity index (χ0n) is 13.5. The number of anilines is 1. The van der Waals surface area contributed by atoms with E-state index in [1.165, 1.54) is 17.5 Å². The molecule has 1 aliphatic carbocycles. The fraction of sp³-hybridized carbons (Fsp3) is 0.529. The van der Waals surface area contributed by atoms with Gasteiger partial charge in [0, 0.05) is 37.8 Å². The number of benzene rings is 1. The Labute approximate surface area is 145 Å². The Kier molecular flexibility index (Phi) is 3.56. The van der Waals surface area contributed by atoms with Crippen LogP contribution in [0.2, 0.25) is 0 Å². The van der Waals surface area contributed by atoms with Gasteiger partial charge in [0.05, 0.1) is 0 Å². The smallest absolute Gasteiger partial charge is 0.231 e. The van der Waals surface area contributed by atoms with Crippen LogP contribution in [0.15, 0.2) is 17.6 Å². The Morgan fingerprint density at radius 1 is 1.12 bits per heavy atom. The van der Waals surface area contributed by atoms with Gasteiger partial charge >= 0.3 is 0 Å². The molecule has 1 aromatic heterocycles. The van der Waals surface area contributed by atoms with Crippen molar-refractivity contribution < 1.29 is 9.47 Å². The topological polar surface area (TPSA) is 50.7 Å². The Balaban J connectivity index is 1.27. The lowest BCUT2D eigenvalue weighted by Crippen LogP contribution is -2.51. The van der Waals surface area contributed by atoms with Crippen LogP contribution in [-0.2, 0) is 12.8 Å². The molecule has 5 rings (SSSR count). The number of nitrogens with zero attached hydrogens (tertiary/aromatic N) is 4. The molecule has 0 spiro atoms. The lowest BCUT2D eigenvalue weighted by atomic mass is 9.86. The molecule has 0 amide bonds. The number of fused-ring (bicyclic) bond motifs is 3. The Hall–Kier alpha value is -1.86. The zero-order chi connectivity index (χ0) is 15.9. The van der Waals surface area contributed by atoms with Gasteiger partial charge in [-0.15, -0.1) is 10.2 Å². The Bertz CT molecular complexity index is 728. The Morgan fingerprint density at radius 2 is 2.04 bits per heavy atom. The van der Waals surface area contributed by atoms with Crippen LogP contribution in [0.4, 0.5) is 5.13 Å². The summed E-state index contributed by atoms with van der Waals surface area (Å²) in [5.74, 6) is 1.91. The van der Waals surface area contributed by atoms with Crippen LogP contribution in [0.3, 0.4) is 0 Å². The molecule has 1 atom stereocenters. The molecule has 1 fully saturated rings. The van der Waals surface area contributed by atoms with Crippen molar-refractivity contribution in [1.29, 1.82) is 0 Å². The molecule has 1 unspecified atom stereocenters. The van der Waals surface area contributed by atoms with Crippen molar-refractivity contribution in [3.8, 4) is 11.5 Å². The van der Waals surface area contributed by atoms with Crippen molar-refractivity contribution in [2.24, 2.45) is 0 Å². The third kappa shape index (κ3) is 2.43. The molecule has 0 N–H and O–H groups in total. The highest BCUT2D eigenvalue weighted by atomic mass is 32.1. The summed E-state index contributed by atoms with van der Waals surface area (Å²) < 4.78 is 11.2. The van der Waals surface area contributed by atoms with Gasteiger partial charge in [0.2, 0.25) is 11.9 Å². The molecule has 0 bridgehead atoms. The van der Waals surface area contributed by atoms with E-state index in [1.54, 1.807) is 11.3 Å². The first-order valence-electron chi connectivity index (χ1n) is 8.54. The minimum atomic E-state index is 0.364. The predicted molar refractivity (Wildman–Crippen MR) is 92.1 cm³/mol. The molecule has 24 heavy (non-hydrogen) atoms. The van der Waals surface area contributed by atoms with Gasteiger partial charge in [0.15, 0.2) is 11.5 Å². The quantitative estimate of drug-likeness (QED) is 0.830. The highest BCUT2D eigenvalue weighted by Gasteiger charge is 2.31. The monoisotopic (exact) mass is 344 g/mol. The van der Waals surface area contributed by atoms with E-state index < -0.39 is 0 Å². The summed E-state index contributed by atoms with van der Waals surface area (Å²) in [6.45, 7) is 4.65. The number of hydrogen-bond acceptors (Lipinski definition) is 7. The number of piperazine rings is 1. The molecule has 1 aromatic carbocycles. The molecular formula is C17H20N4O2S. The molecule has 2 aliphatic heterocycles. The van der Waals surface area contributed by atoms with E-state index in [2.05, 4.69) is 32.1 Å². The first-order chi connectivity index (χ1) is 11.9. The number of aromatic nitrogens is 2. The maximum atomic E-state index is 5.68. The van der Waals surface area contributed by atoms with Crippen molar-refractivity contribution in [2.75, 3.05) is 37.9 Å². The highest BCUT2D eigenvalue weighted by Crippen LogP contribution is 2.41. The largest absolute Gasteiger partial charge is 0.454 e. The van der Waals surface area contributed by atoms with Crippen LogP contribution in [0.25, 0.3) is 0 Å². The molecule has 3 heterocycles. The van der Waals surface area contributed by atoms with Crippen LogP contribution in [0.5, 0.6) is 11.5 Å². The lowest BCUT2D eigenvalue weighted by molar-refractivity contribution is 0.165. The summed E-state index contributed by atoms with van der Waals surface area (Å²) in [7, 11) is 0. The third-order valence-electron chi connectivity index (χ3n) is 5.37. The maximum absolute atomic E-state index is 5.68. The molecule has 0 radical (unpaired) electrons. The second kappa shape index (κ2) is 5.89. The summed E-state index contributed by atoms with van der Waals surface area (Å²) in [6.07, 6.45) is 3.40. The van der Waals surface area contributed by atoms with Crippen molar-refractivity contribution in [3.63, 3.8) is 0 Å². The average molecular weight is 344 g/mol. The fourth-order valence-corrected chi connectivity index (χ4v) is 4.71. The van der Waals surface area contributed by atoms with Gasteiger partial charge in [0.1, 0.15) is 5.51 Å². The summed E-state index contributed by atoms with van der Waals surface area (Å²) in [5.41, 5.74) is 4.61. The van der Waals surface area contributed by atoms with Gasteiger partial charge in [-0.05, 0) is 30.9 Å². The molecule has 7 heteroatoms. The third-order valence-corrected chi connectivity index (χ3v) is 6.12. The van der Waals surface area contributed by atoms with E-state index >= 15 is 0 Å². The van der Waals surface area contributed by atoms with Gasteiger partial charge in [-0.1, -0.05) is 17.4 Å². The van der Waals surface area contributed by atoms with E-state index in [0.29, 0.717) is 12.8 Å². The van der Waals surface area contributed by atoms with Gasteiger partial charge in [-0.25, -0.2) is 0 Å². The molecule has 2 aromatic rings. The van der Waals surface area contributed by atoms with Crippen molar-refractivity contribution >= 4 is 16.5 Å². The first-order valence-corrected chi connectivity index (χ1v) is 9.42. The number of ether oxygens (including phenoxy) is 2. The van der Waals surface area contributed by atoms with Crippen LogP contribution in [0, 0.1) is 0 Å². The van der Waals surface area contributed by atoms with Gasteiger partial charge in [-0.2, -0.15) is 0 Å². The fourth-order valence-electron chi connectivity index (χ4n) is 4.10. The van der Waals surface area contributed by atoms with Crippen LogP contribution >= 0.6 is 11.3 Å². The summed E-state index contributed by atoms with van der Waals surface area (Å²) in [4.78, 5) is 4.99. The van der Waals surface area contributed by atoms with Gasteiger partial charge < -0.3 is 14.4 Å². The van der Waals surface area contributed by atoms with E-state index in [0.717, 1.165) is 55.7 Å². The average Bonchev–Trinajstić information content (AvgIpc) is 3.33. The molecule has 3 aliphatic rings. The standard InChI is InChI=1S/C17H20N4O2S/c1-4-15-16(23-11-22-15)14-3-2-13(9-12(1)14)20-5-7-21(8-6-20)17-19-18-10-24-17/h1,4,10,13H,2-3,5-9,11H2. The summed E-state index contributed by atoms with van der Waals surface area (Å²) in [6, 6.07) is 4.93. The second-order valence-electron chi connectivity index (χ2n) is 6.58. The van der Waals surface area contributed by atoms with Crippen molar-refractivity contribution in [2.45, 2.75) is 25.3 Å². The zero-order valence-corrected chi connectivity index (χ0v) is 14.3. The van der Waals surface area contributed by atoms with Crippen LogP contribution in [0.1, 0.15) is 17.5 Å². The van der Waals surface area contributed by atoms with Crippen LogP contribution < -0.4 is 14.4 Å². The maximum Gasteiger partial charge on any atom is 0.231 e. The first kappa shape index (κ1) is 14.5. The summed E-state index contributed by atoms with van der Waals surface area (Å²) in [5, 5.41) is 9.19. The normalized spacial score (nSPS) is 23.3. The molecular weight excluding hydrogens is 324 g/mol. The van der Waals surface area contributed by atoms with E-state index in [4.69, 9.17) is 9.47 Å². The summed E-state index contributed by atoms with van der Waals surface area (Å²) >= 11 is 1.63. The van der Waals surface area contributed by atoms with Gasteiger partial charge in [-0.3, -0.25) is 4.90 Å². The highest BCUT2D eigenvalue weighted by molar-refractivity contribution is 7.13. The number of hydrogen-bond donors (Lipinski definition) is 0. The van der Waals surface area contributed by atoms with Crippen molar-refractivity contribution in [1.82, 2.24) is 15.1 Å². The van der Waals surface area contributed by atoms with Crippen LogP contribution in [-0.4, -0.2) is 54.1 Å².